The van der Waals surface area contributed by atoms with Gasteiger partial charge in [-0.25, -0.2) is 15.0 Å². The van der Waals surface area contributed by atoms with Crippen LogP contribution < -0.4 is 5.32 Å². The Balaban J connectivity index is 1.42. The van der Waals surface area contributed by atoms with Gasteiger partial charge in [0.15, 0.2) is 11.5 Å². The average molecular weight is 500 g/mol. The fraction of sp³-hybridized carbons (Fsp3) is 0.273. The molecule has 1 aliphatic rings. The Labute approximate surface area is 201 Å². The molecule has 0 aromatic carbocycles. The van der Waals surface area contributed by atoms with Crippen molar-refractivity contribution >= 4 is 17.5 Å². The Bertz CT molecular complexity index is 1450. The lowest BCUT2D eigenvalue weighted by atomic mass is 9.98. The van der Waals surface area contributed by atoms with Crippen molar-refractivity contribution < 1.29 is 27.6 Å². The lowest BCUT2D eigenvalue weighted by molar-refractivity contribution is -0.145. The van der Waals surface area contributed by atoms with Crippen molar-refractivity contribution in [1.29, 1.82) is 0 Å². The van der Waals surface area contributed by atoms with Gasteiger partial charge in [-0.1, -0.05) is 11.2 Å². The monoisotopic (exact) mass is 500 g/mol. The molecular weight excluding hydrogens is 481 g/mol. The Morgan fingerprint density at radius 1 is 1.11 bits per heavy atom. The maximum absolute atomic E-state index is 13.4. The van der Waals surface area contributed by atoms with E-state index in [1.807, 2.05) is 0 Å². The van der Waals surface area contributed by atoms with Crippen LogP contribution in [-0.2, 0) is 23.6 Å². The SMILES string of the molecule is CN1CCC(O)(c2cc(-c3cccc(-c4ccnc(Nc5cnn(C)c5C(F)(F)F)n4)n3)no2)C1=O. The smallest absolute Gasteiger partial charge is 0.373 e. The first kappa shape index (κ1) is 23.4. The highest BCUT2D eigenvalue weighted by Gasteiger charge is 2.48. The number of nitrogens with one attached hydrogen (secondary N) is 1. The van der Waals surface area contributed by atoms with Crippen LogP contribution in [0.1, 0.15) is 17.9 Å². The lowest BCUT2D eigenvalue weighted by Crippen LogP contribution is -2.35. The van der Waals surface area contributed by atoms with Crippen molar-refractivity contribution in [2.24, 2.45) is 7.05 Å². The van der Waals surface area contributed by atoms with Gasteiger partial charge in [0.05, 0.1) is 29.0 Å². The van der Waals surface area contributed by atoms with Crippen LogP contribution in [-0.4, -0.2) is 59.4 Å². The van der Waals surface area contributed by atoms with Gasteiger partial charge in [-0.3, -0.25) is 9.48 Å². The Hall–Kier alpha value is -4.33. The summed E-state index contributed by atoms with van der Waals surface area (Å²) in [6.07, 6.45) is -2.02. The number of nitrogens with zero attached hydrogens (tertiary/aromatic N) is 7. The standard InChI is InChI=1S/C22H19F3N8O3/c1-32-9-7-21(35,19(32)34)17-10-15(31-36-17)13-5-3-4-12(28-13)14-6-8-26-20(29-14)30-16-11-27-33(2)18(16)22(23,24)25/h3-6,8,10-11,35H,7,9H2,1-2H3,(H,26,29,30). The molecule has 0 saturated carbocycles. The van der Waals surface area contributed by atoms with E-state index in [1.165, 1.54) is 24.2 Å². The lowest BCUT2D eigenvalue weighted by Gasteiger charge is -2.16. The minimum Gasteiger partial charge on any atom is -0.373 e. The fourth-order valence-electron chi connectivity index (χ4n) is 3.94. The summed E-state index contributed by atoms with van der Waals surface area (Å²) in [6.45, 7) is 0.382. The van der Waals surface area contributed by atoms with Gasteiger partial charge < -0.3 is 19.8 Å². The van der Waals surface area contributed by atoms with Gasteiger partial charge in [-0.05, 0) is 18.2 Å². The van der Waals surface area contributed by atoms with Gasteiger partial charge >= 0.3 is 6.18 Å². The molecule has 0 spiro atoms. The molecule has 1 amide bonds. The maximum Gasteiger partial charge on any atom is 0.435 e. The molecule has 4 aromatic rings. The molecule has 5 heterocycles. The molecule has 1 saturated heterocycles. The number of hydrogen-bond acceptors (Lipinski definition) is 9. The van der Waals surface area contributed by atoms with E-state index in [2.05, 4.69) is 30.5 Å². The molecule has 1 atom stereocenters. The Morgan fingerprint density at radius 3 is 2.53 bits per heavy atom. The molecule has 11 nitrogen and oxygen atoms in total. The Morgan fingerprint density at radius 2 is 1.83 bits per heavy atom. The first-order chi connectivity index (χ1) is 17.1. The third-order valence-electron chi connectivity index (χ3n) is 5.81. The summed E-state index contributed by atoms with van der Waals surface area (Å²) in [5.41, 5.74) is -1.64. The van der Waals surface area contributed by atoms with Gasteiger partial charge in [-0.15, -0.1) is 0 Å². The van der Waals surface area contributed by atoms with Crippen LogP contribution in [0, 0.1) is 0 Å². The first-order valence-corrected chi connectivity index (χ1v) is 10.7. The number of hydrogen-bond donors (Lipinski definition) is 2. The number of rotatable bonds is 5. The largest absolute Gasteiger partial charge is 0.435 e. The van der Waals surface area contributed by atoms with Crippen molar-refractivity contribution in [3.63, 3.8) is 0 Å². The van der Waals surface area contributed by atoms with E-state index in [0.29, 0.717) is 29.3 Å². The number of carbonyl (C=O) groups excluding carboxylic acids is 1. The number of likely N-dealkylation sites (N-methyl/N-ethyl adjacent to an activating group) is 1. The van der Waals surface area contributed by atoms with Crippen LogP contribution >= 0.6 is 0 Å². The topological polar surface area (TPSA) is 135 Å². The summed E-state index contributed by atoms with van der Waals surface area (Å²) in [7, 11) is 2.78. The number of aromatic nitrogens is 6. The fourth-order valence-corrected chi connectivity index (χ4v) is 3.94. The van der Waals surface area contributed by atoms with Gasteiger partial charge in [0, 0.05) is 39.3 Å². The molecule has 1 aliphatic heterocycles. The first-order valence-electron chi connectivity index (χ1n) is 10.7. The number of aliphatic hydroxyl groups is 1. The van der Waals surface area contributed by atoms with E-state index in [-0.39, 0.29) is 23.8 Å². The predicted octanol–water partition coefficient (Wildman–Crippen LogP) is 2.74. The molecular formula is C22H19F3N8O3. The average Bonchev–Trinajstić information content (AvgIpc) is 3.55. The van der Waals surface area contributed by atoms with E-state index in [4.69, 9.17) is 4.52 Å². The van der Waals surface area contributed by atoms with Gasteiger partial charge in [-0.2, -0.15) is 18.3 Å². The molecule has 0 aliphatic carbocycles. The third kappa shape index (κ3) is 4.04. The zero-order valence-electron chi connectivity index (χ0n) is 19.0. The zero-order valence-corrected chi connectivity index (χ0v) is 19.0. The quantitative estimate of drug-likeness (QED) is 0.424. The second-order valence-corrected chi connectivity index (χ2v) is 8.24. The van der Waals surface area contributed by atoms with Crippen LogP contribution in [0.5, 0.6) is 0 Å². The van der Waals surface area contributed by atoms with Crippen LogP contribution in [0.15, 0.2) is 47.2 Å². The molecule has 1 fully saturated rings. The van der Waals surface area contributed by atoms with E-state index in [1.54, 1.807) is 31.3 Å². The summed E-state index contributed by atoms with van der Waals surface area (Å²) in [5.74, 6) is -0.534. The second-order valence-electron chi connectivity index (χ2n) is 8.24. The van der Waals surface area contributed by atoms with Crippen molar-refractivity contribution in [1.82, 2.24) is 34.8 Å². The minimum absolute atomic E-state index is 0.0181. The van der Waals surface area contributed by atoms with E-state index < -0.39 is 23.4 Å². The van der Waals surface area contributed by atoms with Crippen molar-refractivity contribution in [3.05, 3.63) is 54.2 Å². The number of aryl methyl sites for hydroxylation is 1. The number of carbonyl (C=O) groups is 1. The summed E-state index contributed by atoms with van der Waals surface area (Å²) in [6, 6.07) is 8.01. The van der Waals surface area contributed by atoms with Crippen LogP contribution in [0.2, 0.25) is 0 Å². The molecule has 186 valence electrons. The summed E-state index contributed by atoms with van der Waals surface area (Å²) in [5, 5.41) is 20.9. The number of anilines is 2. The molecule has 2 N–H and O–H groups in total. The van der Waals surface area contributed by atoms with E-state index >= 15 is 0 Å². The number of amides is 1. The highest BCUT2D eigenvalue weighted by molar-refractivity contribution is 5.87. The maximum atomic E-state index is 13.4. The molecule has 36 heavy (non-hydrogen) atoms. The highest BCUT2D eigenvalue weighted by atomic mass is 19.4. The van der Waals surface area contributed by atoms with Crippen molar-refractivity contribution in [3.8, 4) is 22.8 Å². The number of pyridine rings is 1. The zero-order chi connectivity index (χ0) is 25.7. The number of alkyl halides is 3. The van der Waals surface area contributed by atoms with Crippen molar-refractivity contribution in [2.75, 3.05) is 18.9 Å². The molecule has 14 heteroatoms. The normalized spacial score (nSPS) is 18.2. The minimum atomic E-state index is -4.62. The molecule has 0 bridgehead atoms. The molecule has 5 rings (SSSR count). The highest BCUT2D eigenvalue weighted by Crippen LogP contribution is 2.36. The molecule has 4 aromatic heterocycles. The van der Waals surface area contributed by atoms with Gasteiger partial charge in [0.25, 0.3) is 5.91 Å². The van der Waals surface area contributed by atoms with Gasteiger partial charge in [0.1, 0.15) is 5.69 Å². The van der Waals surface area contributed by atoms with Gasteiger partial charge in [0.2, 0.25) is 11.5 Å². The second kappa shape index (κ2) is 8.41. The van der Waals surface area contributed by atoms with Crippen LogP contribution in [0.25, 0.3) is 22.8 Å². The summed E-state index contributed by atoms with van der Waals surface area (Å²) >= 11 is 0. The molecule has 0 radical (unpaired) electrons. The predicted molar refractivity (Wildman–Crippen MR) is 118 cm³/mol. The van der Waals surface area contributed by atoms with E-state index in [9.17, 15) is 23.1 Å². The van der Waals surface area contributed by atoms with E-state index in [0.717, 1.165) is 10.9 Å². The van der Waals surface area contributed by atoms with Crippen LogP contribution in [0.3, 0.4) is 0 Å². The summed E-state index contributed by atoms with van der Waals surface area (Å²) < 4.78 is 46.1. The van der Waals surface area contributed by atoms with Crippen molar-refractivity contribution in [2.45, 2.75) is 18.2 Å². The summed E-state index contributed by atoms with van der Waals surface area (Å²) in [4.78, 5) is 26.5. The molecule has 1 unspecified atom stereocenters. The Kier molecular flexibility index (Phi) is 5.47. The van der Waals surface area contributed by atoms with Crippen LogP contribution in [0.4, 0.5) is 24.8 Å². The number of halogens is 3. The third-order valence-corrected chi connectivity index (χ3v) is 5.81. The number of likely N-dealkylation sites (tertiary alicyclic amines) is 1.